The Labute approximate surface area is 263 Å². The molecule has 2 aromatic heterocycles. The molecule has 2 N–H and O–H groups in total. The standard InChI is InChI=1S/C30H38ClN9O3S/c1-7-19-15-24(26(43-5)16-25(19)39-14-11-20(18-39)38(3)4)36-30-34-17-21(31)29(37-30)35-23-10-9-22-27(33-13-12-32-22)28(23)40(8-2)44(6,41)42/h9-10,12-13,15-17,20H,7-8,11,14,18H2,1-6H3,(H2,34,35,36,37). The highest BCUT2D eigenvalue weighted by Crippen LogP contribution is 2.39. The van der Waals surface area contributed by atoms with Crippen LogP contribution >= 0.6 is 11.6 Å². The smallest absolute Gasteiger partial charge is 0.232 e. The second-order valence-electron chi connectivity index (χ2n) is 10.8. The fourth-order valence-electron chi connectivity index (χ4n) is 5.54. The Morgan fingerprint density at radius 2 is 1.86 bits per heavy atom. The molecule has 44 heavy (non-hydrogen) atoms. The molecule has 12 nitrogen and oxygen atoms in total. The molecule has 234 valence electrons. The molecule has 1 unspecified atom stereocenters. The predicted molar refractivity (Wildman–Crippen MR) is 178 cm³/mol. The van der Waals surface area contributed by atoms with Crippen molar-refractivity contribution in [1.82, 2.24) is 24.8 Å². The molecule has 2 aromatic carbocycles. The highest BCUT2D eigenvalue weighted by molar-refractivity contribution is 7.92. The molecule has 5 rings (SSSR count). The van der Waals surface area contributed by atoms with Gasteiger partial charge in [-0.3, -0.25) is 14.3 Å². The van der Waals surface area contributed by atoms with E-state index in [1.807, 2.05) is 0 Å². The fraction of sp³-hybridized carbons (Fsp3) is 0.400. The van der Waals surface area contributed by atoms with Crippen molar-refractivity contribution in [1.29, 1.82) is 0 Å². The molecule has 4 aromatic rings. The van der Waals surface area contributed by atoms with Crippen LogP contribution in [0.5, 0.6) is 5.75 Å². The van der Waals surface area contributed by atoms with Gasteiger partial charge in [-0.1, -0.05) is 18.5 Å². The summed E-state index contributed by atoms with van der Waals surface area (Å²) in [6, 6.07) is 8.15. The van der Waals surface area contributed by atoms with Gasteiger partial charge >= 0.3 is 0 Å². The third-order valence-electron chi connectivity index (χ3n) is 7.81. The van der Waals surface area contributed by atoms with Crippen molar-refractivity contribution < 1.29 is 13.2 Å². The molecule has 1 atom stereocenters. The van der Waals surface area contributed by atoms with Gasteiger partial charge in [0, 0.05) is 49.8 Å². The largest absolute Gasteiger partial charge is 0.494 e. The number of methoxy groups -OCH3 is 1. The number of aromatic nitrogens is 4. The van der Waals surface area contributed by atoms with E-state index in [2.05, 4.69) is 73.5 Å². The molecule has 1 saturated heterocycles. The number of benzene rings is 2. The SMILES string of the molecule is CCc1cc(Nc2ncc(Cl)c(Nc3ccc4nccnc4c3N(CC)S(C)(=O)=O)n2)c(OC)cc1N1CCC(N(C)C)C1. The molecule has 0 bridgehead atoms. The Bertz CT molecular complexity index is 1770. The second kappa shape index (κ2) is 13.0. The van der Waals surface area contributed by atoms with Crippen LogP contribution in [0, 0.1) is 0 Å². The van der Waals surface area contributed by atoms with Crippen molar-refractivity contribution >= 4 is 67.2 Å². The van der Waals surface area contributed by atoms with E-state index in [1.54, 1.807) is 32.4 Å². The molecule has 3 heterocycles. The first kappa shape index (κ1) is 31.5. The van der Waals surface area contributed by atoms with Crippen LogP contribution in [0.15, 0.2) is 42.9 Å². The zero-order chi connectivity index (χ0) is 31.6. The summed E-state index contributed by atoms with van der Waals surface area (Å²) in [6.07, 6.45) is 7.68. The van der Waals surface area contributed by atoms with Gasteiger partial charge in [0.2, 0.25) is 16.0 Å². The Morgan fingerprint density at radius 1 is 1.09 bits per heavy atom. The molecular formula is C30H38ClN9O3S. The number of sulfonamides is 1. The van der Waals surface area contributed by atoms with Crippen LogP contribution in [0.25, 0.3) is 11.0 Å². The van der Waals surface area contributed by atoms with E-state index in [4.69, 9.17) is 16.3 Å². The van der Waals surface area contributed by atoms with Crippen LogP contribution in [-0.4, -0.2) is 86.4 Å². The molecule has 0 spiro atoms. The molecule has 0 radical (unpaired) electrons. The average molecular weight is 640 g/mol. The number of fused-ring (bicyclic) bond motifs is 1. The maximum atomic E-state index is 12.8. The van der Waals surface area contributed by atoms with E-state index in [0.29, 0.717) is 34.2 Å². The summed E-state index contributed by atoms with van der Waals surface area (Å²) in [5.41, 5.74) is 4.86. The highest BCUT2D eigenvalue weighted by Gasteiger charge is 2.27. The van der Waals surface area contributed by atoms with Crippen molar-refractivity contribution in [3.63, 3.8) is 0 Å². The van der Waals surface area contributed by atoms with Crippen molar-refractivity contribution in [3.05, 3.63) is 53.4 Å². The normalized spacial score (nSPS) is 15.2. The van der Waals surface area contributed by atoms with Crippen LogP contribution in [-0.2, 0) is 16.4 Å². The summed E-state index contributed by atoms with van der Waals surface area (Å²) in [7, 11) is 2.25. The minimum atomic E-state index is -3.64. The summed E-state index contributed by atoms with van der Waals surface area (Å²) in [5.74, 6) is 1.24. The van der Waals surface area contributed by atoms with Gasteiger partial charge in [0.05, 0.1) is 36.5 Å². The third-order valence-corrected chi connectivity index (χ3v) is 9.33. The van der Waals surface area contributed by atoms with Gasteiger partial charge in [-0.2, -0.15) is 4.98 Å². The summed E-state index contributed by atoms with van der Waals surface area (Å²) >= 11 is 6.55. The Morgan fingerprint density at radius 3 is 2.52 bits per heavy atom. The molecule has 14 heteroatoms. The average Bonchev–Trinajstić information content (AvgIpc) is 3.50. The van der Waals surface area contributed by atoms with Crippen LogP contribution in [0.3, 0.4) is 0 Å². The number of likely N-dealkylation sites (N-methyl/N-ethyl adjacent to an activating group) is 1. The molecule has 1 aliphatic heterocycles. The van der Waals surface area contributed by atoms with Gasteiger partial charge in [-0.05, 0) is 57.6 Å². The zero-order valence-corrected chi connectivity index (χ0v) is 27.4. The molecule has 0 aliphatic carbocycles. The lowest BCUT2D eigenvalue weighted by molar-refractivity contribution is 0.315. The van der Waals surface area contributed by atoms with E-state index in [0.717, 1.165) is 43.6 Å². The van der Waals surface area contributed by atoms with Gasteiger partial charge in [0.15, 0.2) is 5.82 Å². The Hall–Kier alpha value is -3.94. The maximum absolute atomic E-state index is 12.8. The first-order chi connectivity index (χ1) is 21.0. The van der Waals surface area contributed by atoms with Crippen molar-refractivity contribution in [2.45, 2.75) is 32.7 Å². The first-order valence-corrected chi connectivity index (χ1v) is 16.7. The maximum Gasteiger partial charge on any atom is 0.232 e. The summed E-state index contributed by atoms with van der Waals surface area (Å²) in [6.45, 7) is 6.03. The van der Waals surface area contributed by atoms with Crippen LogP contribution < -0.4 is 24.6 Å². The van der Waals surface area contributed by atoms with Gasteiger partial charge in [-0.15, -0.1) is 0 Å². The molecule has 0 amide bonds. The van der Waals surface area contributed by atoms with Crippen LogP contribution in [0.2, 0.25) is 5.02 Å². The van der Waals surface area contributed by atoms with Crippen LogP contribution in [0.4, 0.5) is 34.5 Å². The minimum Gasteiger partial charge on any atom is -0.494 e. The summed E-state index contributed by atoms with van der Waals surface area (Å²) in [4.78, 5) is 22.5. The number of hydrogen-bond acceptors (Lipinski definition) is 11. The number of nitrogens with zero attached hydrogens (tertiary/aromatic N) is 7. The monoisotopic (exact) mass is 639 g/mol. The number of anilines is 6. The molecule has 1 fully saturated rings. The number of aryl methyl sites for hydroxylation is 1. The summed E-state index contributed by atoms with van der Waals surface area (Å²) in [5, 5.41) is 6.77. The number of halogens is 1. The number of ether oxygens (including phenoxy) is 1. The molecule has 1 aliphatic rings. The van der Waals surface area contributed by atoms with Gasteiger partial charge in [0.25, 0.3) is 0 Å². The Balaban J connectivity index is 1.49. The Kier molecular flexibility index (Phi) is 9.28. The molecule has 0 saturated carbocycles. The highest BCUT2D eigenvalue weighted by atomic mass is 35.5. The number of hydrogen-bond donors (Lipinski definition) is 2. The van der Waals surface area contributed by atoms with Crippen LogP contribution in [0.1, 0.15) is 25.8 Å². The first-order valence-electron chi connectivity index (χ1n) is 14.4. The zero-order valence-electron chi connectivity index (χ0n) is 25.8. The quantitative estimate of drug-likeness (QED) is 0.229. The number of nitrogens with one attached hydrogen (secondary N) is 2. The van der Waals surface area contributed by atoms with E-state index >= 15 is 0 Å². The van der Waals surface area contributed by atoms with E-state index in [1.165, 1.54) is 22.3 Å². The lowest BCUT2D eigenvalue weighted by atomic mass is 10.1. The summed E-state index contributed by atoms with van der Waals surface area (Å²) < 4.78 is 32.6. The van der Waals surface area contributed by atoms with Crippen molar-refractivity contribution in [2.75, 3.05) is 66.9 Å². The topological polar surface area (TPSA) is 129 Å². The molecular weight excluding hydrogens is 602 g/mol. The lowest BCUT2D eigenvalue weighted by Gasteiger charge is -2.25. The minimum absolute atomic E-state index is 0.191. The van der Waals surface area contributed by atoms with Gasteiger partial charge < -0.3 is 25.2 Å². The van der Waals surface area contributed by atoms with Crippen molar-refractivity contribution in [2.24, 2.45) is 0 Å². The third kappa shape index (κ3) is 6.44. The fourth-order valence-corrected chi connectivity index (χ4v) is 6.66. The van der Waals surface area contributed by atoms with E-state index < -0.39 is 10.0 Å². The second-order valence-corrected chi connectivity index (χ2v) is 13.2. The van der Waals surface area contributed by atoms with E-state index in [-0.39, 0.29) is 23.3 Å². The van der Waals surface area contributed by atoms with Gasteiger partial charge in [-0.25, -0.2) is 13.4 Å². The lowest BCUT2D eigenvalue weighted by Crippen LogP contribution is -2.31. The predicted octanol–water partition coefficient (Wildman–Crippen LogP) is 5.06. The number of rotatable bonds is 11. The van der Waals surface area contributed by atoms with E-state index in [9.17, 15) is 8.42 Å². The van der Waals surface area contributed by atoms with Crippen molar-refractivity contribution in [3.8, 4) is 5.75 Å². The van der Waals surface area contributed by atoms with Gasteiger partial charge in [0.1, 0.15) is 22.0 Å².